The van der Waals surface area contributed by atoms with Gasteiger partial charge < -0.3 is 10.2 Å². The monoisotopic (exact) mass is 448 g/mol. The first-order chi connectivity index (χ1) is 15.1. The van der Waals surface area contributed by atoms with E-state index in [2.05, 4.69) is 10.3 Å². The van der Waals surface area contributed by atoms with Gasteiger partial charge in [0, 0.05) is 6.54 Å². The van der Waals surface area contributed by atoms with Crippen LogP contribution in [-0.2, 0) is 22.3 Å². The molecule has 0 saturated heterocycles. The van der Waals surface area contributed by atoms with Gasteiger partial charge in [-0.1, -0.05) is 24.3 Å². The number of para-hydroxylation sites is 2. The van der Waals surface area contributed by atoms with Crippen molar-refractivity contribution in [2.45, 2.75) is 19.6 Å². The number of likely N-dealkylation sites (N-methyl/N-ethyl adjacent to an activating group) is 1. The number of amides is 2. The summed E-state index contributed by atoms with van der Waals surface area (Å²) in [6, 6.07) is 10.7. The summed E-state index contributed by atoms with van der Waals surface area (Å²) >= 11 is 0. The molecule has 1 aromatic heterocycles. The molecule has 0 aliphatic heterocycles. The van der Waals surface area contributed by atoms with Crippen molar-refractivity contribution < 1.29 is 22.8 Å². The second kappa shape index (κ2) is 9.08. The summed E-state index contributed by atoms with van der Waals surface area (Å²) in [6.45, 7) is 0.680. The Kier molecular flexibility index (Phi) is 6.47. The van der Waals surface area contributed by atoms with Crippen LogP contribution in [-0.4, -0.2) is 39.4 Å². The minimum absolute atomic E-state index is 0.0726. The van der Waals surface area contributed by atoms with Crippen LogP contribution >= 0.6 is 0 Å². The molecule has 0 saturated carbocycles. The van der Waals surface area contributed by atoms with Gasteiger partial charge in [-0.15, -0.1) is 0 Å². The molecule has 168 valence electrons. The summed E-state index contributed by atoms with van der Waals surface area (Å²) in [6.07, 6.45) is -4.66. The van der Waals surface area contributed by atoms with Gasteiger partial charge in [0.2, 0.25) is 11.8 Å². The van der Waals surface area contributed by atoms with E-state index in [0.717, 1.165) is 21.6 Å². The number of hydrogen-bond acceptors (Lipinski definition) is 4. The molecule has 0 aliphatic rings. The maximum Gasteiger partial charge on any atom is 0.418 e. The zero-order valence-electron chi connectivity index (χ0n) is 16.9. The number of carbonyl (C=O) groups is 2. The van der Waals surface area contributed by atoms with Crippen molar-refractivity contribution in [3.63, 3.8) is 0 Å². The fourth-order valence-corrected chi connectivity index (χ4v) is 3.21. The summed E-state index contributed by atoms with van der Waals surface area (Å²) in [5.41, 5.74) is -2.56. The van der Waals surface area contributed by atoms with Crippen LogP contribution in [0.15, 0.2) is 58.1 Å². The van der Waals surface area contributed by atoms with Crippen LogP contribution in [0, 0.1) is 0 Å². The first-order valence-corrected chi connectivity index (χ1v) is 9.57. The van der Waals surface area contributed by atoms with E-state index in [4.69, 9.17) is 0 Å². The van der Waals surface area contributed by atoms with E-state index in [1.165, 1.54) is 24.3 Å². The Balaban J connectivity index is 1.79. The topological polar surface area (TPSA) is 104 Å². The van der Waals surface area contributed by atoms with E-state index in [0.29, 0.717) is 0 Å². The summed E-state index contributed by atoms with van der Waals surface area (Å²) in [4.78, 5) is 52.5. The Bertz CT molecular complexity index is 1280. The van der Waals surface area contributed by atoms with Crippen LogP contribution in [0.25, 0.3) is 10.9 Å². The lowest BCUT2D eigenvalue weighted by atomic mass is 10.1. The Morgan fingerprint density at radius 3 is 2.41 bits per heavy atom. The quantitative estimate of drug-likeness (QED) is 0.603. The number of rotatable bonds is 6. The number of anilines is 1. The van der Waals surface area contributed by atoms with Crippen molar-refractivity contribution in [1.29, 1.82) is 0 Å². The number of benzene rings is 2. The summed E-state index contributed by atoms with van der Waals surface area (Å²) in [5.74, 6) is -1.44. The van der Waals surface area contributed by atoms with Gasteiger partial charge in [0.15, 0.2) is 0 Å². The molecular formula is C21H19F3N4O4. The van der Waals surface area contributed by atoms with E-state index in [9.17, 15) is 32.3 Å². The summed E-state index contributed by atoms with van der Waals surface area (Å²) in [5, 5.41) is 2.39. The number of nitrogens with one attached hydrogen (secondary N) is 2. The number of halogens is 3. The fraction of sp³-hybridized carbons (Fsp3) is 0.238. The lowest BCUT2D eigenvalue weighted by molar-refractivity contribution is -0.137. The van der Waals surface area contributed by atoms with E-state index >= 15 is 0 Å². The minimum Gasteiger partial charge on any atom is -0.332 e. The number of aromatic amines is 1. The summed E-state index contributed by atoms with van der Waals surface area (Å²) < 4.78 is 40.4. The maximum absolute atomic E-state index is 13.1. The van der Waals surface area contributed by atoms with Gasteiger partial charge in [-0.3, -0.25) is 23.9 Å². The Hall–Kier alpha value is -3.89. The molecule has 0 unspecified atom stereocenters. The third-order valence-corrected chi connectivity index (χ3v) is 4.77. The van der Waals surface area contributed by atoms with Crippen molar-refractivity contribution in [3.05, 3.63) is 74.9 Å². The third-order valence-electron chi connectivity index (χ3n) is 4.77. The molecule has 1 heterocycles. The zero-order valence-corrected chi connectivity index (χ0v) is 16.9. The van der Waals surface area contributed by atoms with Crippen molar-refractivity contribution in [3.8, 4) is 0 Å². The molecule has 8 nitrogen and oxygen atoms in total. The Labute approximate surface area is 179 Å². The first kappa shape index (κ1) is 22.8. The van der Waals surface area contributed by atoms with Gasteiger partial charge >= 0.3 is 11.9 Å². The molecule has 0 fully saturated rings. The Morgan fingerprint density at radius 2 is 1.72 bits per heavy atom. The maximum atomic E-state index is 13.1. The lowest BCUT2D eigenvalue weighted by Gasteiger charge is -2.22. The number of aromatic nitrogens is 2. The first-order valence-electron chi connectivity index (χ1n) is 9.57. The molecule has 3 rings (SSSR count). The number of carbonyl (C=O) groups excluding carboxylic acids is 2. The van der Waals surface area contributed by atoms with Gasteiger partial charge in [0.1, 0.15) is 6.54 Å². The molecule has 2 aromatic carbocycles. The Morgan fingerprint density at radius 1 is 1.06 bits per heavy atom. The predicted molar refractivity (Wildman–Crippen MR) is 111 cm³/mol. The number of hydrogen-bond donors (Lipinski definition) is 2. The number of H-pyrrole nitrogens is 1. The number of nitrogens with zero attached hydrogens (tertiary/aromatic N) is 2. The molecule has 0 radical (unpaired) electrons. The second-order valence-corrected chi connectivity index (χ2v) is 6.86. The summed E-state index contributed by atoms with van der Waals surface area (Å²) in [7, 11) is 0. The van der Waals surface area contributed by atoms with Crippen molar-refractivity contribution in [2.75, 3.05) is 18.4 Å². The highest BCUT2D eigenvalue weighted by Gasteiger charge is 2.33. The average Bonchev–Trinajstić information content (AvgIpc) is 2.74. The van der Waals surface area contributed by atoms with Gasteiger partial charge in [-0.05, 0) is 31.2 Å². The highest BCUT2D eigenvalue weighted by atomic mass is 19.4. The number of alkyl halides is 3. The van der Waals surface area contributed by atoms with E-state index in [-0.39, 0.29) is 17.4 Å². The molecule has 0 atom stereocenters. The largest absolute Gasteiger partial charge is 0.418 e. The lowest BCUT2D eigenvalue weighted by Crippen LogP contribution is -2.42. The van der Waals surface area contributed by atoms with Gasteiger partial charge in [-0.2, -0.15) is 13.2 Å². The van der Waals surface area contributed by atoms with Gasteiger partial charge in [-0.25, -0.2) is 4.79 Å². The van der Waals surface area contributed by atoms with Crippen molar-refractivity contribution in [1.82, 2.24) is 14.5 Å². The molecule has 11 heteroatoms. The van der Waals surface area contributed by atoms with Crippen LogP contribution in [0.2, 0.25) is 0 Å². The molecule has 0 spiro atoms. The fourth-order valence-electron chi connectivity index (χ4n) is 3.21. The van der Waals surface area contributed by atoms with Crippen molar-refractivity contribution in [2.24, 2.45) is 0 Å². The molecule has 2 N–H and O–H groups in total. The van der Waals surface area contributed by atoms with Crippen LogP contribution < -0.4 is 16.6 Å². The number of fused-ring (bicyclic) bond motifs is 1. The molecule has 32 heavy (non-hydrogen) atoms. The van der Waals surface area contributed by atoms with Gasteiger partial charge in [0.25, 0.3) is 5.56 Å². The highest BCUT2D eigenvalue weighted by molar-refractivity contribution is 5.95. The van der Waals surface area contributed by atoms with E-state index in [1.54, 1.807) is 19.1 Å². The van der Waals surface area contributed by atoms with Crippen LogP contribution in [0.4, 0.5) is 18.9 Å². The SMILES string of the molecule is CCN(CC(=O)Nc1ccccc1C(F)(F)F)C(=O)Cn1c(=O)[nH]c(=O)c2ccccc21. The average molecular weight is 448 g/mol. The van der Waals surface area contributed by atoms with E-state index < -0.39 is 53.6 Å². The van der Waals surface area contributed by atoms with E-state index in [1.807, 2.05) is 0 Å². The van der Waals surface area contributed by atoms with Crippen LogP contribution in [0.1, 0.15) is 12.5 Å². The second-order valence-electron chi connectivity index (χ2n) is 6.86. The molecule has 0 aliphatic carbocycles. The zero-order chi connectivity index (χ0) is 23.5. The standard InChI is InChI=1S/C21H19F3N4O4/c1-2-27(11-17(29)25-15-9-5-4-8-14(15)21(22,23)24)18(30)12-28-16-10-6-3-7-13(16)19(31)26-20(28)32/h3-10H,2,11-12H2,1H3,(H,25,29)(H,26,31,32). The molecule has 0 bridgehead atoms. The third kappa shape index (κ3) is 4.88. The van der Waals surface area contributed by atoms with Crippen molar-refractivity contribution >= 4 is 28.4 Å². The minimum atomic E-state index is -4.66. The molecular weight excluding hydrogens is 429 g/mol. The molecule has 3 aromatic rings. The van der Waals surface area contributed by atoms with Gasteiger partial charge in [0.05, 0.1) is 28.7 Å². The molecule has 2 amide bonds. The normalized spacial score (nSPS) is 11.4. The smallest absolute Gasteiger partial charge is 0.332 e. The van der Waals surface area contributed by atoms with Crippen LogP contribution in [0.3, 0.4) is 0 Å². The van der Waals surface area contributed by atoms with Crippen LogP contribution in [0.5, 0.6) is 0 Å². The predicted octanol–water partition coefficient (Wildman–Crippen LogP) is 2.20. The highest BCUT2D eigenvalue weighted by Crippen LogP contribution is 2.34.